The van der Waals surface area contributed by atoms with E-state index >= 15 is 0 Å². The van der Waals surface area contributed by atoms with Crippen LogP contribution in [0.15, 0.2) is 69.8 Å². The number of methoxy groups -OCH3 is 2. The van der Waals surface area contributed by atoms with E-state index in [1.54, 1.807) is 44.6 Å². The number of nitrogens with one attached hydrogen (secondary N) is 1. The molecule has 0 aliphatic heterocycles. The second-order valence-corrected chi connectivity index (χ2v) is 6.40. The number of nitrogens with zero attached hydrogens (tertiary/aromatic N) is 2. The van der Waals surface area contributed by atoms with Gasteiger partial charge in [0.1, 0.15) is 17.3 Å². The van der Waals surface area contributed by atoms with Crippen LogP contribution in [-0.4, -0.2) is 30.3 Å². The van der Waals surface area contributed by atoms with Crippen LogP contribution in [0.25, 0.3) is 11.5 Å². The van der Waals surface area contributed by atoms with E-state index in [0.29, 0.717) is 29.3 Å². The van der Waals surface area contributed by atoms with Crippen molar-refractivity contribution in [1.29, 1.82) is 0 Å². The predicted molar refractivity (Wildman–Crippen MR) is 109 cm³/mol. The van der Waals surface area contributed by atoms with Crippen LogP contribution in [0.3, 0.4) is 0 Å². The van der Waals surface area contributed by atoms with Gasteiger partial charge in [0.05, 0.1) is 14.2 Å². The van der Waals surface area contributed by atoms with Gasteiger partial charge in [-0.15, -0.1) is 10.2 Å². The maximum atomic E-state index is 12.6. The summed E-state index contributed by atoms with van der Waals surface area (Å²) < 4.78 is 21.6. The van der Waals surface area contributed by atoms with Gasteiger partial charge in [0.15, 0.2) is 5.76 Å². The van der Waals surface area contributed by atoms with Crippen LogP contribution in [0.4, 0.5) is 5.69 Å². The molecule has 0 atom stereocenters. The van der Waals surface area contributed by atoms with Crippen molar-refractivity contribution in [3.8, 4) is 23.0 Å². The molecule has 0 aliphatic carbocycles. The number of amides is 1. The monoisotopic (exact) mass is 405 g/mol. The lowest BCUT2D eigenvalue weighted by Crippen LogP contribution is -2.10. The minimum atomic E-state index is -0.360. The van der Waals surface area contributed by atoms with E-state index in [0.717, 1.165) is 17.1 Å². The number of carbonyl (C=O) groups excluding carboxylic acids is 1. The number of anilines is 1. The summed E-state index contributed by atoms with van der Waals surface area (Å²) in [4.78, 5) is 12.6. The minimum absolute atomic E-state index is 0.204. The predicted octanol–water partition coefficient (Wildman–Crippen LogP) is 4.19. The van der Waals surface area contributed by atoms with Crippen molar-refractivity contribution < 1.29 is 23.1 Å². The topological polar surface area (TPSA) is 99.6 Å². The molecule has 8 nitrogen and oxygen atoms in total. The molecule has 4 rings (SSSR count). The van der Waals surface area contributed by atoms with E-state index in [9.17, 15) is 4.79 Å². The smallest absolute Gasteiger partial charge is 0.291 e. The zero-order valence-electron chi connectivity index (χ0n) is 16.4. The third-order valence-corrected chi connectivity index (χ3v) is 4.47. The summed E-state index contributed by atoms with van der Waals surface area (Å²) in [6.45, 7) is 0. The van der Waals surface area contributed by atoms with Crippen LogP contribution in [-0.2, 0) is 6.42 Å². The average Bonchev–Trinajstić information content (AvgIpc) is 3.46. The van der Waals surface area contributed by atoms with Crippen molar-refractivity contribution in [1.82, 2.24) is 10.2 Å². The summed E-state index contributed by atoms with van der Waals surface area (Å²) in [7, 11) is 3.21. The number of carbonyl (C=O) groups is 1. The Bertz CT molecular complexity index is 1150. The Balaban J connectivity index is 1.48. The van der Waals surface area contributed by atoms with E-state index < -0.39 is 0 Å². The normalized spacial score (nSPS) is 10.6. The molecule has 30 heavy (non-hydrogen) atoms. The van der Waals surface area contributed by atoms with Gasteiger partial charge in [-0.3, -0.25) is 4.79 Å². The van der Waals surface area contributed by atoms with Crippen molar-refractivity contribution in [3.63, 3.8) is 0 Å². The van der Waals surface area contributed by atoms with E-state index in [2.05, 4.69) is 15.5 Å². The molecule has 0 aliphatic rings. The van der Waals surface area contributed by atoms with Gasteiger partial charge >= 0.3 is 0 Å². The summed E-state index contributed by atoms with van der Waals surface area (Å²) in [5.74, 6) is 2.29. The van der Waals surface area contributed by atoms with E-state index in [4.69, 9.17) is 18.3 Å². The molecule has 4 aromatic rings. The molecular formula is C22H19N3O5. The first-order valence-corrected chi connectivity index (χ1v) is 9.14. The summed E-state index contributed by atoms with van der Waals surface area (Å²) in [6, 6.07) is 16.1. The quantitative estimate of drug-likeness (QED) is 0.492. The van der Waals surface area contributed by atoms with Gasteiger partial charge in [-0.2, -0.15) is 0 Å². The Morgan fingerprint density at radius 2 is 1.97 bits per heavy atom. The third kappa shape index (κ3) is 4.17. The first kappa shape index (κ1) is 19.3. The number of ether oxygens (including phenoxy) is 2. The Kier molecular flexibility index (Phi) is 5.47. The van der Waals surface area contributed by atoms with Crippen LogP contribution in [0.5, 0.6) is 11.5 Å². The molecule has 152 valence electrons. The molecule has 0 spiro atoms. The maximum Gasteiger partial charge on any atom is 0.291 e. The van der Waals surface area contributed by atoms with Gasteiger partial charge < -0.3 is 23.6 Å². The largest absolute Gasteiger partial charge is 0.497 e. The number of aromatic nitrogens is 2. The van der Waals surface area contributed by atoms with Gasteiger partial charge in [0, 0.05) is 23.2 Å². The van der Waals surface area contributed by atoms with Gasteiger partial charge in [-0.25, -0.2) is 0 Å². The van der Waals surface area contributed by atoms with Gasteiger partial charge in [-0.1, -0.05) is 6.07 Å². The zero-order chi connectivity index (χ0) is 20.9. The number of furan rings is 1. The minimum Gasteiger partial charge on any atom is -0.497 e. The molecule has 0 saturated carbocycles. The number of hydrogen-bond acceptors (Lipinski definition) is 7. The van der Waals surface area contributed by atoms with Crippen molar-refractivity contribution in [3.05, 3.63) is 78.1 Å². The SMILES string of the molecule is COc1ccc(OC)c(Cc2ccc(C(=O)Nc3cccc(-c4nnco4)c3)o2)c1. The zero-order valence-corrected chi connectivity index (χ0v) is 16.4. The third-order valence-electron chi connectivity index (χ3n) is 4.47. The van der Waals surface area contributed by atoms with Crippen molar-refractivity contribution in [2.45, 2.75) is 6.42 Å². The Hall–Kier alpha value is -4.07. The first-order chi connectivity index (χ1) is 14.7. The molecule has 0 fully saturated rings. The molecule has 2 heterocycles. The number of hydrogen-bond donors (Lipinski definition) is 1. The molecule has 0 radical (unpaired) electrons. The van der Waals surface area contributed by atoms with E-state index in [-0.39, 0.29) is 11.7 Å². The summed E-state index contributed by atoms with van der Waals surface area (Å²) in [5.41, 5.74) is 2.18. The van der Waals surface area contributed by atoms with Gasteiger partial charge in [-0.05, 0) is 48.5 Å². The standard InChI is InChI=1S/C22H19N3O5/c1-27-17-6-8-19(28-2)15(11-17)12-18-7-9-20(30-18)21(26)24-16-5-3-4-14(10-16)22-25-23-13-29-22/h3-11,13H,12H2,1-2H3,(H,24,26). The summed E-state index contributed by atoms with van der Waals surface area (Å²) in [6.07, 6.45) is 1.71. The summed E-state index contributed by atoms with van der Waals surface area (Å²) in [5, 5.41) is 10.3. The molecule has 1 amide bonds. The van der Waals surface area contributed by atoms with Gasteiger partial charge in [0.25, 0.3) is 5.91 Å². The van der Waals surface area contributed by atoms with Crippen LogP contribution >= 0.6 is 0 Å². The Labute approximate surface area is 172 Å². The molecule has 8 heteroatoms. The first-order valence-electron chi connectivity index (χ1n) is 9.14. The van der Waals surface area contributed by atoms with E-state index in [1.165, 1.54) is 6.39 Å². The summed E-state index contributed by atoms with van der Waals surface area (Å²) >= 11 is 0. The Morgan fingerprint density at radius 1 is 1.07 bits per heavy atom. The molecule has 2 aromatic carbocycles. The lowest BCUT2D eigenvalue weighted by atomic mass is 10.1. The second kappa shape index (κ2) is 8.52. The Morgan fingerprint density at radius 3 is 2.73 bits per heavy atom. The maximum absolute atomic E-state index is 12.6. The average molecular weight is 405 g/mol. The van der Waals surface area contributed by atoms with Crippen LogP contribution in [0, 0.1) is 0 Å². The number of rotatable bonds is 7. The fourth-order valence-corrected chi connectivity index (χ4v) is 3.02. The highest BCUT2D eigenvalue weighted by Crippen LogP contribution is 2.27. The highest BCUT2D eigenvalue weighted by molar-refractivity contribution is 6.02. The molecule has 0 saturated heterocycles. The molecular weight excluding hydrogens is 386 g/mol. The van der Waals surface area contributed by atoms with Crippen molar-refractivity contribution >= 4 is 11.6 Å². The van der Waals surface area contributed by atoms with E-state index in [1.807, 2.05) is 24.3 Å². The van der Waals surface area contributed by atoms with Gasteiger partial charge in [0.2, 0.25) is 12.3 Å². The fraction of sp³-hybridized carbons (Fsp3) is 0.136. The molecule has 2 aromatic heterocycles. The van der Waals surface area contributed by atoms with Crippen LogP contribution in [0.1, 0.15) is 21.9 Å². The van der Waals surface area contributed by atoms with Crippen LogP contribution in [0.2, 0.25) is 0 Å². The number of benzene rings is 2. The lowest BCUT2D eigenvalue weighted by Gasteiger charge is -2.09. The lowest BCUT2D eigenvalue weighted by molar-refractivity contribution is 0.0995. The van der Waals surface area contributed by atoms with Crippen LogP contribution < -0.4 is 14.8 Å². The highest BCUT2D eigenvalue weighted by atomic mass is 16.5. The second-order valence-electron chi connectivity index (χ2n) is 6.40. The van der Waals surface area contributed by atoms with Crippen molar-refractivity contribution in [2.24, 2.45) is 0 Å². The molecule has 1 N–H and O–H groups in total. The molecule has 0 unspecified atom stereocenters. The van der Waals surface area contributed by atoms with Crippen molar-refractivity contribution in [2.75, 3.05) is 19.5 Å². The molecule has 0 bridgehead atoms. The highest BCUT2D eigenvalue weighted by Gasteiger charge is 2.14. The fourth-order valence-electron chi connectivity index (χ4n) is 3.02.